The van der Waals surface area contributed by atoms with Gasteiger partial charge >= 0.3 is 6.18 Å². The quantitative estimate of drug-likeness (QED) is 0.805. The molecule has 2 aromatic rings. The second-order valence-corrected chi connectivity index (χ2v) is 6.20. The number of halogens is 3. The SMILES string of the molecule is FC(F)(F)c1ccccc1OCC1Cc2ccccc2S1. The molecule has 1 atom stereocenters. The first-order valence-electron chi connectivity index (χ1n) is 6.57. The first kappa shape index (κ1) is 14.3. The van der Waals surface area contributed by atoms with Crippen molar-refractivity contribution in [2.75, 3.05) is 6.61 Å². The van der Waals surface area contributed by atoms with Gasteiger partial charge in [0.25, 0.3) is 0 Å². The molecular weight excluding hydrogens is 297 g/mol. The summed E-state index contributed by atoms with van der Waals surface area (Å²) in [7, 11) is 0. The van der Waals surface area contributed by atoms with E-state index < -0.39 is 11.7 Å². The van der Waals surface area contributed by atoms with Crippen molar-refractivity contribution in [2.45, 2.75) is 22.7 Å². The molecule has 3 rings (SSSR count). The third kappa shape index (κ3) is 3.18. The molecule has 0 radical (unpaired) electrons. The Labute approximate surface area is 125 Å². The maximum atomic E-state index is 12.9. The summed E-state index contributed by atoms with van der Waals surface area (Å²) in [6.45, 7) is 0.270. The summed E-state index contributed by atoms with van der Waals surface area (Å²) in [5.74, 6) is -0.0958. The molecule has 1 nitrogen and oxygen atoms in total. The molecule has 1 aliphatic heterocycles. The first-order chi connectivity index (χ1) is 10.0. The van der Waals surface area contributed by atoms with Gasteiger partial charge in [-0.25, -0.2) is 0 Å². The van der Waals surface area contributed by atoms with Crippen molar-refractivity contribution in [1.29, 1.82) is 0 Å². The smallest absolute Gasteiger partial charge is 0.419 e. The lowest BCUT2D eigenvalue weighted by Gasteiger charge is -2.15. The highest BCUT2D eigenvalue weighted by Gasteiger charge is 2.34. The molecule has 0 N–H and O–H groups in total. The molecule has 0 fully saturated rings. The fraction of sp³-hybridized carbons (Fsp3) is 0.250. The lowest BCUT2D eigenvalue weighted by molar-refractivity contribution is -0.138. The highest BCUT2D eigenvalue weighted by Crippen LogP contribution is 2.39. The van der Waals surface area contributed by atoms with Gasteiger partial charge in [0.15, 0.2) is 0 Å². The fourth-order valence-corrected chi connectivity index (χ4v) is 3.57. The summed E-state index contributed by atoms with van der Waals surface area (Å²) in [6, 6.07) is 13.4. The van der Waals surface area contributed by atoms with Crippen molar-refractivity contribution in [1.82, 2.24) is 0 Å². The topological polar surface area (TPSA) is 9.23 Å². The summed E-state index contributed by atoms with van der Waals surface area (Å²) >= 11 is 1.66. The third-order valence-electron chi connectivity index (χ3n) is 3.33. The highest BCUT2D eigenvalue weighted by molar-refractivity contribution is 8.00. The van der Waals surface area contributed by atoms with Crippen molar-refractivity contribution in [2.24, 2.45) is 0 Å². The summed E-state index contributed by atoms with van der Waals surface area (Å²) in [4.78, 5) is 1.19. The Bertz CT molecular complexity index is 614. The number of para-hydroxylation sites is 1. The number of fused-ring (bicyclic) bond motifs is 1. The Balaban J connectivity index is 1.68. The van der Waals surface area contributed by atoms with Gasteiger partial charge in [-0.3, -0.25) is 0 Å². The number of hydrogen-bond donors (Lipinski definition) is 0. The predicted molar refractivity (Wildman–Crippen MR) is 76.7 cm³/mol. The lowest BCUT2D eigenvalue weighted by Crippen LogP contribution is -2.16. The molecule has 1 unspecified atom stereocenters. The zero-order valence-corrected chi connectivity index (χ0v) is 11.9. The molecule has 5 heteroatoms. The van der Waals surface area contributed by atoms with Crippen molar-refractivity contribution in [3.63, 3.8) is 0 Å². The van der Waals surface area contributed by atoms with E-state index in [2.05, 4.69) is 0 Å². The number of hydrogen-bond acceptors (Lipinski definition) is 2. The monoisotopic (exact) mass is 310 g/mol. The zero-order chi connectivity index (χ0) is 14.9. The van der Waals surface area contributed by atoms with Crippen LogP contribution in [0.4, 0.5) is 13.2 Å². The molecule has 0 amide bonds. The van der Waals surface area contributed by atoms with Gasteiger partial charge in [-0.2, -0.15) is 13.2 Å². The molecule has 1 aliphatic rings. The number of alkyl halides is 3. The summed E-state index contributed by atoms with van der Waals surface area (Å²) in [5.41, 5.74) is 0.519. The van der Waals surface area contributed by atoms with E-state index in [-0.39, 0.29) is 17.6 Å². The van der Waals surface area contributed by atoms with E-state index in [1.165, 1.54) is 22.6 Å². The molecule has 110 valence electrons. The zero-order valence-electron chi connectivity index (χ0n) is 11.1. The molecule has 0 aliphatic carbocycles. The van der Waals surface area contributed by atoms with E-state index in [1.807, 2.05) is 24.3 Å². The van der Waals surface area contributed by atoms with Crippen LogP contribution >= 0.6 is 11.8 Å². The first-order valence-corrected chi connectivity index (χ1v) is 7.45. The van der Waals surface area contributed by atoms with Crippen LogP contribution in [0, 0.1) is 0 Å². The van der Waals surface area contributed by atoms with E-state index in [1.54, 1.807) is 17.8 Å². The van der Waals surface area contributed by atoms with Crippen LogP contribution < -0.4 is 4.74 Å². The van der Waals surface area contributed by atoms with Crippen molar-refractivity contribution in [3.05, 3.63) is 59.7 Å². The van der Waals surface area contributed by atoms with Crippen LogP contribution in [-0.4, -0.2) is 11.9 Å². The van der Waals surface area contributed by atoms with E-state index >= 15 is 0 Å². The molecule has 0 saturated heterocycles. The van der Waals surface area contributed by atoms with Crippen molar-refractivity contribution >= 4 is 11.8 Å². The second kappa shape index (κ2) is 5.64. The molecule has 0 bridgehead atoms. The van der Waals surface area contributed by atoms with Crippen LogP contribution in [0.2, 0.25) is 0 Å². The molecule has 2 aromatic carbocycles. The van der Waals surface area contributed by atoms with E-state index in [0.717, 1.165) is 12.5 Å². The third-order valence-corrected chi connectivity index (χ3v) is 4.62. The standard InChI is InChI=1S/C16H13F3OS/c17-16(18,19)13-6-2-3-7-14(13)20-10-12-9-11-5-1-4-8-15(11)21-12/h1-8,12H,9-10H2. The van der Waals surface area contributed by atoms with Gasteiger partial charge in [0, 0.05) is 10.1 Å². The van der Waals surface area contributed by atoms with E-state index in [0.29, 0.717) is 0 Å². The maximum absolute atomic E-state index is 12.9. The van der Waals surface area contributed by atoms with Crippen LogP contribution in [-0.2, 0) is 12.6 Å². The Kier molecular flexibility index (Phi) is 3.85. The average Bonchev–Trinajstić information content (AvgIpc) is 2.87. The molecular formula is C16H13F3OS. The minimum absolute atomic E-state index is 0.0958. The lowest BCUT2D eigenvalue weighted by atomic mass is 10.1. The maximum Gasteiger partial charge on any atom is 0.419 e. The van der Waals surface area contributed by atoms with Gasteiger partial charge in [-0.05, 0) is 30.2 Å². The van der Waals surface area contributed by atoms with Gasteiger partial charge in [-0.15, -0.1) is 11.8 Å². The Morgan fingerprint density at radius 1 is 1.05 bits per heavy atom. The summed E-state index contributed by atoms with van der Waals surface area (Å²) in [6.07, 6.45) is -3.56. The number of ether oxygens (including phenoxy) is 1. The average molecular weight is 310 g/mol. The van der Waals surface area contributed by atoms with Crippen LogP contribution in [0.5, 0.6) is 5.75 Å². The van der Waals surface area contributed by atoms with Crippen molar-refractivity contribution < 1.29 is 17.9 Å². The largest absolute Gasteiger partial charge is 0.492 e. The molecule has 21 heavy (non-hydrogen) atoms. The Hall–Kier alpha value is -1.62. The summed E-state index contributed by atoms with van der Waals surface area (Å²) < 4.78 is 44.1. The number of rotatable bonds is 3. The van der Waals surface area contributed by atoms with Crippen LogP contribution in [0.25, 0.3) is 0 Å². The van der Waals surface area contributed by atoms with Gasteiger partial charge in [0.1, 0.15) is 12.4 Å². The second-order valence-electron chi connectivity index (χ2n) is 4.86. The van der Waals surface area contributed by atoms with Crippen LogP contribution in [0.15, 0.2) is 53.4 Å². The normalized spacial score (nSPS) is 17.6. The number of thioether (sulfide) groups is 1. The van der Waals surface area contributed by atoms with Gasteiger partial charge in [-0.1, -0.05) is 30.3 Å². The molecule has 1 heterocycles. The fourth-order valence-electron chi connectivity index (χ4n) is 2.36. The Morgan fingerprint density at radius 3 is 2.52 bits per heavy atom. The Morgan fingerprint density at radius 2 is 1.76 bits per heavy atom. The van der Waals surface area contributed by atoms with Gasteiger partial charge in [0.2, 0.25) is 0 Å². The van der Waals surface area contributed by atoms with Gasteiger partial charge < -0.3 is 4.74 Å². The summed E-state index contributed by atoms with van der Waals surface area (Å²) in [5, 5.41) is 0.156. The molecule has 0 spiro atoms. The van der Waals surface area contributed by atoms with E-state index in [9.17, 15) is 13.2 Å². The molecule has 0 aromatic heterocycles. The minimum Gasteiger partial charge on any atom is -0.492 e. The van der Waals surface area contributed by atoms with Crippen molar-refractivity contribution in [3.8, 4) is 5.75 Å². The van der Waals surface area contributed by atoms with E-state index in [4.69, 9.17) is 4.74 Å². The minimum atomic E-state index is -4.39. The predicted octanol–water partition coefficient (Wildman–Crippen LogP) is 4.80. The molecule has 0 saturated carbocycles. The van der Waals surface area contributed by atoms with Crippen LogP contribution in [0.3, 0.4) is 0 Å². The highest BCUT2D eigenvalue weighted by atomic mass is 32.2. The van der Waals surface area contributed by atoms with Crippen LogP contribution in [0.1, 0.15) is 11.1 Å². The number of benzene rings is 2. The van der Waals surface area contributed by atoms with Gasteiger partial charge in [0.05, 0.1) is 5.56 Å².